The molecule has 8 nitrogen and oxygen atoms in total. The molecule has 24 heavy (non-hydrogen) atoms. The summed E-state index contributed by atoms with van der Waals surface area (Å²) in [5.74, 6) is 1.21. The van der Waals surface area contributed by atoms with Crippen LogP contribution in [0.25, 0.3) is 0 Å². The van der Waals surface area contributed by atoms with E-state index in [0.29, 0.717) is 30.7 Å². The number of rotatable bonds is 8. The van der Waals surface area contributed by atoms with Crippen molar-refractivity contribution < 1.29 is 17.7 Å². The van der Waals surface area contributed by atoms with E-state index in [1.807, 2.05) is 0 Å². The minimum absolute atomic E-state index is 0.0109. The Balaban J connectivity index is 1.90. The largest absolute Gasteiger partial charge is 0.352 e. The van der Waals surface area contributed by atoms with Gasteiger partial charge in [0.15, 0.2) is 5.82 Å². The molecule has 2 atom stereocenters. The van der Waals surface area contributed by atoms with Crippen LogP contribution in [0.3, 0.4) is 0 Å². The molecule has 0 spiro atoms. The van der Waals surface area contributed by atoms with Crippen LogP contribution in [0.2, 0.25) is 0 Å². The van der Waals surface area contributed by atoms with Crippen molar-refractivity contribution in [3.05, 3.63) is 11.7 Å². The zero-order chi connectivity index (χ0) is 17.7. The number of likely N-dealkylation sites (tertiary alicyclic amines) is 1. The Bertz CT molecular complexity index is 658. The van der Waals surface area contributed by atoms with Gasteiger partial charge in [0.05, 0.1) is 12.3 Å². The van der Waals surface area contributed by atoms with E-state index >= 15 is 0 Å². The first-order chi connectivity index (χ1) is 11.3. The second-order valence-electron chi connectivity index (χ2n) is 6.53. The molecular weight excluding hydrogens is 332 g/mol. The summed E-state index contributed by atoms with van der Waals surface area (Å²) in [6.45, 7) is 6.02. The van der Waals surface area contributed by atoms with Crippen molar-refractivity contribution in [1.82, 2.24) is 20.4 Å². The molecule has 1 fully saturated rings. The third-order valence-corrected chi connectivity index (χ3v) is 5.10. The zero-order valence-corrected chi connectivity index (χ0v) is 15.3. The van der Waals surface area contributed by atoms with Gasteiger partial charge in [-0.3, -0.25) is 9.69 Å². The van der Waals surface area contributed by atoms with Crippen molar-refractivity contribution >= 4 is 15.7 Å². The summed E-state index contributed by atoms with van der Waals surface area (Å²) < 4.78 is 27.5. The Hall–Kier alpha value is -1.48. The maximum Gasteiger partial charge on any atom is 0.240 e. The molecule has 0 unspecified atom stereocenters. The molecule has 2 rings (SSSR count). The molecular formula is C15H26N4O4S. The van der Waals surface area contributed by atoms with Gasteiger partial charge in [-0.05, 0) is 19.3 Å². The van der Waals surface area contributed by atoms with Gasteiger partial charge in [-0.25, -0.2) is 8.42 Å². The molecule has 1 aliphatic rings. The SMILES string of the molecule is CCC[C@@H]1CN(Cc2nc(C)no2)C[C@H]1NC(=O)CCS(C)(=O)=O. The number of aromatic nitrogens is 2. The third-order valence-electron chi connectivity index (χ3n) is 4.15. The zero-order valence-electron chi connectivity index (χ0n) is 14.5. The van der Waals surface area contributed by atoms with Gasteiger partial charge in [-0.2, -0.15) is 4.98 Å². The van der Waals surface area contributed by atoms with Crippen LogP contribution in [0.5, 0.6) is 0 Å². The number of nitrogens with zero attached hydrogens (tertiary/aromatic N) is 3. The highest BCUT2D eigenvalue weighted by Crippen LogP contribution is 2.23. The minimum Gasteiger partial charge on any atom is -0.352 e. The van der Waals surface area contributed by atoms with E-state index in [1.165, 1.54) is 0 Å². The van der Waals surface area contributed by atoms with Crippen molar-refractivity contribution in [3.63, 3.8) is 0 Å². The van der Waals surface area contributed by atoms with E-state index in [0.717, 1.165) is 25.6 Å². The Kier molecular flexibility index (Phi) is 6.34. The predicted molar refractivity (Wildman–Crippen MR) is 89.0 cm³/mol. The topological polar surface area (TPSA) is 105 Å². The first-order valence-corrected chi connectivity index (χ1v) is 10.3. The lowest BCUT2D eigenvalue weighted by Crippen LogP contribution is -2.41. The number of nitrogens with one attached hydrogen (secondary N) is 1. The first-order valence-electron chi connectivity index (χ1n) is 8.25. The molecule has 1 saturated heterocycles. The molecule has 2 heterocycles. The third kappa shape index (κ3) is 5.86. The maximum absolute atomic E-state index is 12.0. The summed E-state index contributed by atoms with van der Waals surface area (Å²) in [7, 11) is -3.12. The van der Waals surface area contributed by atoms with Gasteiger partial charge in [0.1, 0.15) is 9.84 Å². The standard InChI is InChI=1S/C15H26N4O4S/c1-4-5-12-8-19(10-15-16-11(2)18-23-15)9-13(12)17-14(20)6-7-24(3,21)22/h12-13H,4-10H2,1-3H3,(H,17,20)/t12-,13-/m1/s1. The summed E-state index contributed by atoms with van der Waals surface area (Å²) >= 11 is 0. The molecule has 0 aliphatic carbocycles. The van der Waals surface area contributed by atoms with Crippen LogP contribution in [0.4, 0.5) is 0 Å². The predicted octanol–water partition coefficient (Wildman–Crippen LogP) is 0.529. The van der Waals surface area contributed by atoms with E-state index in [-0.39, 0.29) is 24.1 Å². The summed E-state index contributed by atoms with van der Waals surface area (Å²) in [5.41, 5.74) is 0. The smallest absolute Gasteiger partial charge is 0.240 e. The average molecular weight is 358 g/mol. The Morgan fingerprint density at radius 3 is 2.75 bits per heavy atom. The van der Waals surface area contributed by atoms with Crippen LogP contribution in [0.15, 0.2) is 4.52 Å². The fraction of sp³-hybridized carbons (Fsp3) is 0.800. The highest BCUT2D eigenvalue weighted by atomic mass is 32.2. The molecule has 0 radical (unpaired) electrons. The lowest BCUT2D eigenvalue weighted by Gasteiger charge is -2.19. The highest BCUT2D eigenvalue weighted by molar-refractivity contribution is 7.90. The molecule has 9 heteroatoms. The fourth-order valence-corrected chi connectivity index (χ4v) is 3.63. The number of carbonyl (C=O) groups excluding carboxylic acids is 1. The van der Waals surface area contributed by atoms with Crippen LogP contribution in [-0.4, -0.2) is 60.5 Å². The molecule has 1 amide bonds. The molecule has 1 aromatic heterocycles. The van der Waals surface area contributed by atoms with Crippen molar-refractivity contribution in [2.24, 2.45) is 5.92 Å². The van der Waals surface area contributed by atoms with E-state index < -0.39 is 9.84 Å². The quantitative estimate of drug-likeness (QED) is 0.722. The van der Waals surface area contributed by atoms with Crippen LogP contribution < -0.4 is 5.32 Å². The number of hydrogen-bond donors (Lipinski definition) is 1. The molecule has 0 saturated carbocycles. The second-order valence-corrected chi connectivity index (χ2v) is 8.79. The van der Waals surface area contributed by atoms with Gasteiger partial charge in [0.2, 0.25) is 11.8 Å². The van der Waals surface area contributed by atoms with Crippen LogP contribution in [0.1, 0.15) is 37.9 Å². The molecule has 1 N–H and O–H groups in total. The van der Waals surface area contributed by atoms with Crippen LogP contribution in [-0.2, 0) is 21.2 Å². The summed E-state index contributed by atoms with van der Waals surface area (Å²) in [6, 6.07) is 0.0287. The second kappa shape index (κ2) is 8.06. The number of sulfone groups is 1. The fourth-order valence-electron chi connectivity index (χ4n) is 3.07. The van der Waals surface area contributed by atoms with E-state index in [1.54, 1.807) is 6.92 Å². The lowest BCUT2D eigenvalue weighted by molar-refractivity contribution is -0.121. The molecule has 1 aliphatic heterocycles. The van der Waals surface area contributed by atoms with Crippen molar-refractivity contribution in [1.29, 1.82) is 0 Å². The van der Waals surface area contributed by atoms with Gasteiger partial charge >= 0.3 is 0 Å². The van der Waals surface area contributed by atoms with E-state index in [9.17, 15) is 13.2 Å². The van der Waals surface area contributed by atoms with Crippen LogP contribution in [0, 0.1) is 12.8 Å². The summed E-state index contributed by atoms with van der Waals surface area (Å²) in [5, 5.41) is 6.79. The molecule has 1 aromatic rings. The molecule has 0 aromatic carbocycles. The van der Waals surface area contributed by atoms with Crippen molar-refractivity contribution in [3.8, 4) is 0 Å². The number of hydrogen-bond acceptors (Lipinski definition) is 7. The van der Waals surface area contributed by atoms with Crippen molar-refractivity contribution in [2.75, 3.05) is 25.1 Å². The monoisotopic (exact) mass is 358 g/mol. The highest BCUT2D eigenvalue weighted by Gasteiger charge is 2.33. The Morgan fingerprint density at radius 2 is 2.17 bits per heavy atom. The lowest BCUT2D eigenvalue weighted by atomic mass is 9.98. The van der Waals surface area contributed by atoms with Gasteiger partial charge in [-0.15, -0.1) is 0 Å². The molecule has 0 bridgehead atoms. The average Bonchev–Trinajstić information content (AvgIpc) is 3.04. The van der Waals surface area contributed by atoms with Gasteiger partial charge in [0, 0.05) is 31.8 Å². The Morgan fingerprint density at radius 1 is 1.42 bits per heavy atom. The Labute approximate surface area is 142 Å². The van der Waals surface area contributed by atoms with Crippen LogP contribution >= 0.6 is 0 Å². The number of carbonyl (C=O) groups is 1. The normalized spacial score (nSPS) is 22.0. The van der Waals surface area contributed by atoms with Gasteiger partial charge in [-0.1, -0.05) is 18.5 Å². The number of amides is 1. The molecule has 136 valence electrons. The summed E-state index contributed by atoms with van der Waals surface area (Å²) in [6.07, 6.45) is 3.20. The maximum atomic E-state index is 12.0. The van der Waals surface area contributed by atoms with Gasteiger partial charge < -0.3 is 9.84 Å². The first kappa shape index (κ1) is 18.9. The van der Waals surface area contributed by atoms with E-state index in [4.69, 9.17) is 4.52 Å². The van der Waals surface area contributed by atoms with Crippen molar-refractivity contribution in [2.45, 2.75) is 45.7 Å². The van der Waals surface area contributed by atoms with E-state index in [2.05, 4.69) is 27.3 Å². The van der Waals surface area contributed by atoms with Gasteiger partial charge in [0.25, 0.3) is 0 Å². The summed E-state index contributed by atoms with van der Waals surface area (Å²) in [4.78, 5) is 18.4. The number of aryl methyl sites for hydroxylation is 1. The minimum atomic E-state index is -3.12.